The molecule has 1 aliphatic heterocycles. The van der Waals surface area contributed by atoms with Gasteiger partial charge in [0.1, 0.15) is 11.1 Å². The van der Waals surface area contributed by atoms with Crippen molar-refractivity contribution in [1.29, 1.82) is 0 Å². The van der Waals surface area contributed by atoms with E-state index in [9.17, 15) is 0 Å². The van der Waals surface area contributed by atoms with Crippen LogP contribution >= 0.6 is 0 Å². The summed E-state index contributed by atoms with van der Waals surface area (Å²) in [6.45, 7) is 1.95. The highest BCUT2D eigenvalue weighted by atomic mass is 15.7. The third-order valence-electron chi connectivity index (χ3n) is 9.40. The lowest BCUT2D eigenvalue weighted by atomic mass is 9.69. The predicted octanol–water partition coefficient (Wildman–Crippen LogP) is 9.67. The molecule has 0 spiro atoms. The lowest BCUT2D eigenvalue weighted by molar-refractivity contribution is -0.146. The average molecular weight is 585 g/mol. The number of rotatable bonds is 9. The van der Waals surface area contributed by atoms with Crippen molar-refractivity contribution in [3.63, 3.8) is 0 Å². The SMILES string of the molecule is c1ccc(C(c2ccccc2)(c2ccccc2)N(N2CCCCC2)C(c2ccccc2)(c2ccccc2)c2ccccc2)cc1. The molecule has 0 N–H and O–H groups in total. The lowest BCUT2D eigenvalue weighted by Gasteiger charge is -2.60. The molecule has 0 unspecified atom stereocenters. The number of nitrogens with zero attached hydrogens (tertiary/aromatic N) is 2. The molecule has 0 aliphatic carbocycles. The first-order valence-corrected chi connectivity index (χ1v) is 16.2. The van der Waals surface area contributed by atoms with E-state index in [0.29, 0.717) is 0 Å². The summed E-state index contributed by atoms with van der Waals surface area (Å²) in [4.78, 5) is 0. The van der Waals surface area contributed by atoms with E-state index >= 15 is 0 Å². The maximum absolute atomic E-state index is 2.79. The normalized spacial score (nSPS) is 14.3. The van der Waals surface area contributed by atoms with Crippen LogP contribution in [0.2, 0.25) is 0 Å². The first-order chi connectivity index (χ1) is 22.4. The van der Waals surface area contributed by atoms with E-state index in [2.05, 4.69) is 192 Å². The van der Waals surface area contributed by atoms with E-state index < -0.39 is 11.1 Å². The Morgan fingerprint density at radius 2 is 0.533 bits per heavy atom. The Morgan fingerprint density at radius 1 is 0.311 bits per heavy atom. The highest BCUT2D eigenvalue weighted by Crippen LogP contribution is 2.54. The van der Waals surface area contributed by atoms with Gasteiger partial charge in [-0.1, -0.05) is 188 Å². The van der Waals surface area contributed by atoms with E-state index in [1.54, 1.807) is 0 Å². The molecule has 7 rings (SSSR count). The van der Waals surface area contributed by atoms with Crippen molar-refractivity contribution in [3.8, 4) is 0 Å². The molecule has 1 saturated heterocycles. The lowest BCUT2D eigenvalue weighted by Crippen LogP contribution is -2.66. The van der Waals surface area contributed by atoms with Gasteiger partial charge in [0, 0.05) is 13.1 Å². The fourth-order valence-electron chi connectivity index (χ4n) is 7.56. The second-order valence-corrected chi connectivity index (χ2v) is 11.9. The standard InChI is InChI=1S/C43H40N2/c1-8-22-36(23-9-1)42(37-24-10-2-11-25-37,38-26-12-3-13-27-38)45(44-34-20-7-21-35-44)43(39-28-14-4-15-29-39,40-30-16-5-17-31-40)41-32-18-6-19-33-41/h1-6,8-19,22-33H,7,20-21,34-35H2. The van der Waals surface area contributed by atoms with Gasteiger partial charge in [0.05, 0.1) is 0 Å². The quantitative estimate of drug-likeness (QED) is 0.156. The molecule has 0 amide bonds. The Kier molecular flexibility index (Phi) is 8.42. The summed E-state index contributed by atoms with van der Waals surface area (Å²) in [6, 6.07) is 67.0. The monoisotopic (exact) mass is 584 g/mol. The van der Waals surface area contributed by atoms with Gasteiger partial charge in [-0.2, -0.15) is 0 Å². The van der Waals surface area contributed by atoms with Crippen LogP contribution in [0.5, 0.6) is 0 Å². The second kappa shape index (κ2) is 13.1. The van der Waals surface area contributed by atoms with E-state index in [1.165, 1.54) is 39.8 Å². The number of hydrogen-bond donors (Lipinski definition) is 0. The zero-order chi connectivity index (χ0) is 30.4. The minimum atomic E-state index is -0.692. The van der Waals surface area contributed by atoms with Gasteiger partial charge >= 0.3 is 0 Å². The number of benzene rings is 6. The van der Waals surface area contributed by atoms with Crippen LogP contribution in [-0.4, -0.2) is 23.1 Å². The highest BCUT2D eigenvalue weighted by molar-refractivity contribution is 5.56. The van der Waals surface area contributed by atoms with Crippen LogP contribution in [0, 0.1) is 0 Å². The van der Waals surface area contributed by atoms with Crippen molar-refractivity contribution in [1.82, 2.24) is 10.0 Å². The van der Waals surface area contributed by atoms with Crippen LogP contribution in [0.1, 0.15) is 52.6 Å². The van der Waals surface area contributed by atoms with E-state index in [4.69, 9.17) is 0 Å². The largest absolute Gasteiger partial charge is 0.239 e. The summed E-state index contributed by atoms with van der Waals surface area (Å²) in [5.74, 6) is 0. The van der Waals surface area contributed by atoms with E-state index in [1.807, 2.05) is 0 Å². The molecular weight excluding hydrogens is 544 g/mol. The van der Waals surface area contributed by atoms with Crippen LogP contribution < -0.4 is 0 Å². The predicted molar refractivity (Wildman–Crippen MR) is 186 cm³/mol. The van der Waals surface area contributed by atoms with Crippen molar-refractivity contribution >= 4 is 0 Å². The molecule has 1 fully saturated rings. The van der Waals surface area contributed by atoms with Gasteiger partial charge in [0.2, 0.25) is 0 Å². The van der Waals surface area contributed by atoms with Gasteiger partial charge in [-0.15, -0.1) is 0 Å². The Hall–Kier alpha value is -4.76. The molecule has 6 aromatic carbocycles. The van der Waals surface area contributed by atoms with E-state index in [-0.39, 0.29) is 0 Å². The fourth-order valence-corrected chi connectivity index (χ4v) is 7.56. The van der Waals surface area contributed by atoms with Crippen LogP contribution in [0.25, 0.3) is 0 Å². The smallest absolute Gasteiger partial charge is 0.112 e. The average Bonchev–Trinajstić information content (AvgIpc) is 3.14. The molecule has 0 bridgehead atoms. The van der Waals surface area contributed by atoms with Gasteiger partial charge in [0.15, 0.2) is 0 Å². The third kappa shape index (κ3) is 5.11. The first-order valence-electron chi connectivity index (χ1n) is 16.2. The van der Waals surface area contributed by atoms with Crippen molar-refractivity contribution in [2.75, 3.05) is 13.1 Å². The van der Waals surface area contributed by atoms with Crippen LogP contribution in [0.3, 0.4) is 0 Å². The summed E-state index contributed by atoms with van der Waals surface area (Å²) in [6.07, 6.45) is 3.55. The number of hydrazine groups is 1. The molecule has 0 saturated carbocycles. The maximum Gasteiger partial charge on any atom is 0.112 e. The molecule has 0 aromatic heterocycles. The van der Waals surface area contributed by atoms with Crippen molar-refractivity contribution in [2.24, 2.45) is 0 Å². The van der Waals surface area contributed by atoms with Gasteiger partial charge in [0.25, 0.3) is 0 Å². The van der Waals surface area contributed by atoms with E-state index in [0.717, 1.165) is 25.9 Å². The number of piperidine rings is 1. The minimum absolute atomic E-state index is 0.692. The molecule has 1 heterocycles. The molecular formula is C43H40N2. The first kappa shape index (κ1) is 29.0. The second-order valence-electron chi connectivity index (χ2n) is 11.9. The highest BCUT2D eigenvalue weighted by Gasteiger charge is 2.56. The van der Waals surface area contributed by atoms with Crippen LogP contribution in [-0.2, 0) is 11.1 Å². The Morgan fingerprint density at radius 3 is 0.756 bits per heavy atom. The summed E-state index contributed by atoms with van der Waals surface area (Å²) in [5.41, 5.74) is 6.03. The third-order valence-corrected chi connectivity index (χ3v) is 9.40. The minimum Gasteiger partial charge on any atom is -0.239 e. The maximum atomic E-state index is 2.79. The van der Waals surface area contributed by atoms with Crippen molar-refractivity contribution < 1.29 is 0 Å². The Bertz CT molecular complexity index is 1430. The van der Waals surface area contributed by atoms with Gasteiger partial charge in [-0.3, -0.25) is 0 Å². The Balaban J connectivity index is 1.73. The van der Waals surface area contributed by atoms with Crippen molar-refractivity contribution in [2.45, 2.75) is 30.3 Å². The molecule has 222 valence electrons. The van der Waals surface area contributed by atoms with Gasteiger partial charge < -0.3 is 0 Å². The topological polar surface area (TPSA) is 6.48 Å². The fraction of sp³-hybridized carbons (Fsp3) is 0.163. The molecule has 45 heavy (non-hydrogen) atoms. The molecule has 0 atom stereocenters. The zero-order valence-electron chi connectivity index (χ0n) is 25.8. The molecule has 0 radical (unpaired) electrons. The Labute approximate surface area is 268 Å². The van der Waals surface area contributed by atoms with Crippen LogP contribution in [0.15, 0.2) is 182 Å². The summed E-state index contributed by atoms with van der Waals surface area (Å²) in [7, 11) is 0. The zero-order valence-corrected chi connectivity index (χ0v) is 25.8. The van der Waals surface area contributed by atoms with Gasteiger partial charge in [-0.05, 0) is 46.2 Å². The summed E-state index contributed by atoms with van der Waals surface area (Å²) < 4.78 is 0. The summed E-state index contributed by atoms with van der Waals surface area (Å²) >= 11 is 0. The van der Waals surface area contributed by atoms with Gasteiger partial charge in [-0.25, -0.2) is 10.0 Å². The molecule has 6 aromatic rings. The van der Waals surface area contributed by atoms with Crippen LogP contribution in [0.4, 0.5) is 0 Å². The molecule has 1 aliphatic rings. The molecule has 2 nitrogen and oxygen atoms in total. The van der Waals surface area contributed by atoms with Crippen molar-refractivity contribution in [3.05, 3.63) is 215 Å². The molecule has 2 heteroatoms. The summed E-state index contributed by atoms with van der Waals surface area (Å²) in [5, 5.41) is 5.47. The number of hydrogen-bond acceptors (Lipinski definition) is 2.